The Morgan fingerprint density at radius 2 is 1.81 bits per heavy atom. The van der Waals surface area contributed by atoms with Gasteiger partial charge in [0, 0.05) is 36.5 Å². The Kier molecular flexibility index (Phi) is 5.40. The van der Waals surface area contributed by atoms with Crippen molar-refractivity contribution >= 4 is 50.5 Å². The maximum absolute atomic E-state index is 13.0. The van der Waals surface area contributed by atoms with Gasteiger partial charge in [-0.2, -0.15) is 0 Å². The number of hydrogen-bond donors (Lipinski definition) is 1. The number of benzene rings is 2. The second-order valence-corrected chi connectivity index (χ2v) is 8.32. The fourth-order valence-electron chi connectivity index (χ4n) is 3.42. The van der Waals surface area contributed by atoms with Gasteiger partial charge in [-0.15, -0.1) is 0 Å². The highest BCUT2D eigenvalue weighted by molar-refractivity contribution is 9.10. The van der Waals surface area contributed by atoms with Crippen LogP contribution in [0.3, 0.4) is 0 Å². The Morgan fingerprint density at radius 3 is 2.48 bits per heavy atom. The number of aromatic nitrogens is 4. The molecule has 2 heterocycles. The van der Waals surface area contributed by atoms with E-state index in [0.717, 1.165) is 11.0 Å². The number of halogens is 2. The molecular weight excluding hydrogens is 486 g/mol. The highest BCUT2D eigenvalue weighted by Crippen LogP contribution is 2.30. The first kappa shape index (κ1) is 21.2. The summed E-state index contributed by atoms with van der Waals surface area (Å²) < 4.78 is 10.5. The molecule has 0 aliphatic heterocycles. The van der Waals surface area contributed by atoms with Gasteiger partial charge in [0.2, 0.25) is 0 Å². The SMILES string of the molecule is COc1cc(-n2[nH]c(C)c(C=Nc3cc4c(cc3Br)n(C)c(=O)n4C)c2=O)ccc1Cl. The molecule has 0 aliphatic carbocycles. The van der Waals surface area contributed by atoms with Crippen LogP contribution in [0.2, 0.25) is 5.02 Å². The minimum absolute atomic E-state index is 0.120. The number of aliphatic imine (C=N–C) groups is 1. The first-order valence-corrected chi connectivity index (χ1v) is 10.4. The van der Waals surface area contributed by atoms with Crippen molar-refractivity contribution in [3.8, 4) is 11.4 Å². The Labute approximate surface area is 190 Å². The standard InChI is InChI=1S/C21H19BrClN5O3/c1-11-13(20(29)28(25-11)12-5-6-15(23)19(7-12)31-4)10-24-16-9-18-17(8-14(16)22)26(2)21(30)27(18)3/h5-10,25H,1-4H3. The Morgan fingerprint density at radius 1 is 1.13 bits per heavy atom. The van der Waals surface area contributed by atoms with Crippen LogP contribution >= 0.6 is 27.5 Å². The summed E-state index contributed by atoms with van der Waals surface area (Å²) >= 11 is 9.59. The third-order valence-corrected chi connectivity index (χ3v) is 6.13. The zero-order chi connectivity index (χ0) is 22.4. The molecule has 0 saturated carbocycles. The number of imidazole rings is 1. The molecule has 0 fully saturated rings. The van der Waals surface area contributed by atoms with E-state index >= 15 is 0 Å². The lowest BCUT2D eigenvalue weighted by molar-refractivity contribution is 0.414. The molecule has 0 saturated heterocycles. The number of nitrogens with zero attached hydrogens (tertiary/aromatic N) is 4. The average molecular weight is 505 g/mol. The van der Waals surface area contributed by atoms with E-state index in [9.17, 15) is 9.59 Å². The largest absolute Gasteiger partial charge is 0.495 e. The second kappa shape index (κ2) is 7.90. The molecule has 2 aromatic heterocycles. The molecule has 0 atom stereocenters. The number of fused-ring (bicyclic) bond motifs is 1. The van der Waals surface area contributed by atoms with Crippen LogP contribution in [-0.2, 0) is 14.1 Å². The maximum atomic E-state index is 13.0. The summed E-state index contributed by atoms with van der Waals surface area (Å²) in [6, 6.07) is 8.72. The molecule has 31 heavy (non-hydrogen) atoms. The van der Waals surface area contributed by atoms with Crippen LogP contribution in [0, 0.1) is 6.92 Å². The van der Waals surface area contributed by atoms with Crippen LogP contribution in [0.25, 0.3) is 16.7 Å². The number of aromatic amines is 1. The quantitative estimate of drug-likeness (QED) is 0.429. The Hall–Kier alpha value is -3.04. The molecular formula is C21H19BrClN5O3. The molecule has 10 heteroatoms. The highest BCUT2D eigenvalue weighted by Gasteiger charge is 2.14. The van der Waals surface area contributed by atoms with Crippen molar-refractivity contribution < 1.29 is 4.74 Å². The van der Waals surface area contributed by atoms with Gasteiger partial charge in [0.1, 0.15) is 5.75 Å². The number of ether oxygens (including phenoxy) is 1. The summed E-state index contributed by atoms with van der Waals surface area (Å²) in [6.45, 7) is 1.80. The number of rotatable bonds is 4. The van der Waals surface area contributed by atoms with Crippen molar-refractivity contribution in [3.05, 3.63) is 71.9 Å². The van der Waals surface area contributed by atoms with E-state index in [4.69, 9.17) is 16.3 Å². The zero-order valence-electron chi connectivity index (χ0n) is 17.2. The number of hydrogen-bond acceptors (Lipinski definition) is 4. The molecule has 0 radical (unpaired) electrons. The van der Waals surface area contributed by atoms with Gasteiger partial charge >= 0.3 is 5.69 Å². The summed E-state index contributed by atoms with van der Waals surface area (Å²) in [4.78, 5) is 29.7. The maximum Gasteiger partial charge on any atom is 0.328 e. The molecule has 0 aliphatic rings. The summed E-state index contributed by atoms with van der Waals surface area (Å²) in [5.74, 6) is 0.472. The predicted octanol–water partition coefficient (Wildman–Crippen LogP) is 3.84. The highest BCUT2D eigenvalue weighted by atomic mass is 79.9. The van der Waals surface area contributed by atoms with Crippen LogP contribution < -0.4 is 16.0 Å². The third kappa shape index (κ3) is 3.53. The number of aryl methyl sites for hydroxylation is 3. The lowest BCUT2D eigenvalue weighted by Gasteiger charge is -2.06. The van der Waals surface area contributed by atoms with Gasteiger partial charge < -0.3 is 4.74 Å². The molecule has 4 rings (SSSR count). The van der Waals surface area contributed by atoms with E-state index in [1.54, 1.807) is 48.4 Å². The van der Waals surface area contributed by atoms with E-state index in [0.29, 0.717) is 37.9 Å². The van der Waals surface area contributed by atoms with Gasteiger partial charge in [0.05, 0.1) is 40.1 Å². The lowest BCUT2D eigenvalue weighted by atomic mass is 10.2. The van der Waals surface area contributed by atoms with Gasteiger partial charge in [-0.3, -0.25) is 24.0 Å². The first-order chi connectivity index (χ1) is 14.7. The van der Waals surface area contributed by atoms with Crippen molar-refractivity contribution in [2.75, 3.05) is 7.11 Å². The molecule has 1 N–H and O–H groups in total. The summed E-state index contributed by atoms with van der Waals surface area (Å²) in [6.07, 6.45) is 1.52. The topological polar surface area (TPSA) is 86.3 Å². The monoisotopic (exact) mass is 503 g/mol. The number of methoxy groups -OCH3 is 1. The van der Waals surface area contributed by atoms with Crippen molar-refractivity contribution in [2.24, 2.45) is 19.1 Å². The van der Waals surface area contributed by atoms with Gasteiger partial charge in [-0.05, 0) is 47.1 Å². The summed E-state index contributed by atoms with van der Waals surface area (Å²) in [7, 11) is 4.95. The van der Waals surface area contributed by atoms with E-state index in [1.165, 1.54) is 18.0 Å². The summed E-state index contributed by atoms with van der Waals surface area (Å²) in [5.41, 5.74) is 3.44. The Balaban J connectivity index is 1.77. The molecule has 2 aromatic carbocycles. The molecule has 160 valence electrons. The lowest BCUT2D eigenvalue weighted by Crippen LogP contribution is -2.19. The minimum Gasteiger partial charge on any atom is -0.495 e. The van der Waals surface area contributed by atoms with Gasteiger partial charge in [0.25, 0.3) is 5.56 Å². The molecule has 0 bridgehead atoms. The van der Waals surface area contributed by atoms with Crippen LogP contribution in [0.5, 0.6) is 5.75 Å². The number of nitrogens with one attached hydrogen (secondary N) is 1. The van der Waals surface area contributed by atoms with Gasteiger partial charge in [0.15, 0.2) is 0 Å². The van der Waals surface area contributed by atoms with Crippen LogP contribution in [0.4, 0.5) is 5.69 Å². The predicted molar refractivity (Wildman–Crippen MR) is 126 cm³/mol. The first-order valence-electron chi connectivity index (χ1n) is 9.27. The Bertz CT molecular complexity index is 1480. The van der Waals surface area contributed by atoms with E-state index in [2.05, 4.69) is 26.0 Å². The average Bonchev–Trinajstić information content (AvgIpc) is 3.14. The second-order valence-electron chi connectivity index (χ2n) is 7.06. The molecule has 0 spiro atoms. The third-order valence-electron chi connectivity index (χ3n) is 5.18. The molecule has 0 amide bonds. The fraction of sp³-hybridized carbons (Fsp3) is 0.190. The minimum atomic E-state index is -0.255. The van der Waals surface area contributed by atoms with E-state index < -0.39 is 0 Å². The van der Waals surface area contributed by atoms with Crippen molar-refractivity contribution in [3.63, 3.8) is 0 Å². The number of H-pyrrole nitrogens is 1. The van der Waals surface area contributed by atoms with E-state index in [1.807, 2.05) is 12.1 Å². The van der Waals surface area contributed by atoms with Crippen LogP contribution in [0.15, 0.2) is 49.4 Å². The van der Waals surface area contributed by atoms with Crippen molar-refractivity contribution in [1.82, 2.24) is 18.9 Å². The van der Waals surface area contributed by atoms with E-state index in [-0.39, 0.29) is 11.2 Å². The van der Waals surface area contributed by atoms with Crippen molar-refractivity contribution in [2.45, 2.75) is 6.92 Å². The van der Waals surface area contributed by atoms with Crippen molar-refractivity contribution in [1.29, 1.82) is 0 Å². The molecule has 0 unspecified atom stereocenters. The summed E-state index contributed by atoms with van der Waals surface area (Å²) in [5, 5.41) is 3.51. The van der Waals surface area contributed by atoms with Crippen LogP contribution in [0.1, 0.15) is 11.3 Å². The fourth-order valence-corrected chi connectivity index (χ4v) is 4.05. The molecule has 8 nitrogen and oxygen atoms in total. The van der Waals surface area contributed by atoms with Gasteiger partial charge in [-0.1, -0.05) is 11.6 Å². The smallest absolute Gasteiger partial charge is 0.328 e. The molecule has 4 aromatic rings. The van der Waals surface area contributed by atoms with Gasteiger partial charge in [-0.25, -0.2) is 9.48 Å². The normalized spacial score (nSPS) is 11.7. The zero-order valence-corrected chi connectivity index (χ0v) is 19.6. The van der Waals surface area contributed by atoms with Crippen LogP contribution in [-0.4, -0.2) is 32.2 Å².